The molecule has 1 aliphatic heterocycles. The summed E-state index contributed by atoms with van der Waals surface area (Å²) in [5, 5.41) is 0. The smallest absolute Gasteiger partial charge is 0.338 e. The fourth-order valence-corrected chi connectivity index (χ4v) is 4.67. The van der Waals surface area contributed by atoms with Crippen LogP contribution >= 0.6 is 0 Å². The topological polar surface area (TPSA) is 61.8 Å². The summed E-state index contributed by atoms with van der Waals surface area (Å²) < 4.78 is 17.9. The predicted molar refractivity (Wildman–Crippen MR) is 94.4 cm³/mol. The molecular weight excluding hydrogens is 332 g/mol. The molecule has 0 amide bonds. The summed E-state index contributed by atoms with van der Waals surface area (Å²) in [5.74, 6) is -0.749. The first-order chi connectivity index (χ1) is 12.4. The van der Waals surface area contributed by atoms with Crippen LogP contribution in [0.3, 0.4) is 0 Å². The Hall–Kier alpha value is -1.72. The van der Waals surface area contributed by atoms with Crippen molar-refractivity contribution in [2.24, 2.45) is 23.2 Å². The summed E-state index contributed by atoms with van der Waals surface area (Å²) in [6.45, 7) is 5.60. The molecule has 5 nitrogen and oxygen atoms in total. The van der Waals surface area contributed by atoms with Gasteiger partial charge in [-0.05, 0) is 30.4 Å². The molecule has 1 spiro atoms. The molecule has 4 atom stereocenters. The van der Waals surface area contributed by atoms with E-state index in [1.54, 1.807) is 24.3 Å². The van der Waals surface area contributed by atoms with Crippen LogP contribution < -0.4 is 0 Å². The van der Waals surface area contributed by atoms with E-state index in [9.17, 15) is 9.59 Å². The molecule has 5 heteroatoms. The highest BCUT2D eigenvalue weighted by Gasteiger charge is 2.58. The Balaban J connectivity index is 1.42. The molecule has 3 aliphatic rings. The molecule has 1 saturated heterocycles. The van der Waals surface area contributed by atoms with E-state index in [0.29, 0.717) is 37.5 Å². The Morgan fingerprint density at radius 2 is 1.85 bits per heavy atom. The number of carbonyl (C=O) groups excluding carboxylic acids is 2. The van der Waals surface area contributed by atoms with Gasteiger partial charge in [0, 0.05) is 18.3 Å². The van der Waals surface area contributed by atoms with Gasteiger partial charge in [0.05, 0.1) is 24.7 Å². The van der Waals surface area contributed by atoms with Crippen LogP contribution in [-0.2, 0) is 19.0 Å². The molecule has 26 heavy (non-hydrogen) atoms. The molecule has 0 bridgehead atoms. The van der Waals surface area contributed by atoms with Crippen molar-refractivity contribution in [2.75, 3.05) is 13.2 Å². The highest BCUT2D eigenvalue weighted by atomic mass is 16.7. The van der Waals surface area contributed by atoms with Crippen LogP contribution in [0, 0.1) is 23.2 Å². The molecule has 140 valence electrons. The lowest BCUT2D eigenvalue weighted by atomic mass is 9.91. The molecular formula is C21H26O5. The van der Waals surface area contributed by atoms with Crippen LogP contribution in [-0.4, -0.2) is 37.4 Å². The van der Waals surface area contributed by atoms with Gasteiger partial charge in [0.2, 0.25) is 0 Å². The third-order valence-electron chi connectivity index (χ3n) is 6.06. The number of benzene rings is 1. The minimum Gasteiger partial charge on any atom is -0.458 e. The standard InChI is InChI=1S/C21H26O5/c1-20(2)12-24-21(25-13-20)9-15-8-18(17(11-22)16(15)10-21)26-19(23)14-6-4-3-5-7-14/h3-7,11,15-18H,8-10,12-13H2,1-2H3/t15-,16+,17-,18-/m1/s1. The normalized spacial score (nSPS) is 34.4. The van der Waals surface area contributed by atoms with Crippen LogP contribution in [0.25, 0.3) is 0 Å². The van der Waals surface area contributed by atoms with Gasteiger partial charge in [-0.3, -0.25) is 0 Å². The zero-order valence-corrected chi connectivity index (χ0v) is 15.4. The number of ether oxygens (including phenoxy) is 3. The lowest BCUT2D eigenvalue weighted by Gasteiger charge is -2.42. The van der Waals surface area contributed by atoms with Crippen molar-refractivity contribution in [3.8, 4) is 0 Å². The number of rotatable bonds is 3. The van der Waals surface area contributed by atoms with Crippen LogP contribution in [0.2, 0.25) is 0 Å². The molecule has 4 rings (SSSR count). The fraction of sp³-hybridized carbons (Fsp3) is 0.619. The zero-order chi connectivity index (χ0) is 18.4. The van der Waals surface area contributed by atoms with Crippen LogP contribution in [0.15, 0.2) is 30.3 Å². The third-order valence-corrected chi connectivity index (χ3v) is 6.06. The zero-order valence-electron chi connectivity index (χ0n) is 15.4. The van der Waals surface area contributed by atoms with Crippen LogP contribution in [0.4, 0.5) is 0 Å². The Morgan fingerprint density at radius 3 is 2.50 bits per heavy atom. The second-order valence-electron chi connectivity index (χ2n) is 8.74. The molecule has 3 fully saturated rings. The molecule has 1 aromatic rings. The Labute approximate surface area is 154 Å². The van der Waals surface area contributed by atoms with Crippen molar-refractivity contribution >= 4 is 12.3 Å². The summed E-state index contributed by atoms with van der Waals surface area (Å²) in [6.07, 6.45) is 2.78. The van der Waals surface area contributed by atoms with E-state index in [1.165, 1.54) is 0 Å². The largest absolute Gasteiger partial charge is 0.458 e. The van der Waals surface area contributed by atoms with Crippen LogP contribution in [0.5, 0.6) is 0 Å². The van der Waals surface area contributed by atoms with E-state index in [2.05, 4.69) is 13.8 Å². The highest BCUT2D eigenvalue weighted by molar-refractivity contribution is 5.89. The van der Waals surface area contributed by atoms with Gasteiger partial charge in [-0.25, -0.2) is 4.79 Å². The quantitative estimate of drug-likeness (QED) is 0.613. The van der Waals surface area contributed by atoms with Crippen molar-refractivity contribution < 1.29 is 23.8 Å². The number of carbonyl (C=O) groups is 2. The Kier molecular flexibility index (Phi) is 4.40. The number of hydrogen-bond donors (Lipinski definition) is 0. The van der Waals surface area contributed by atoms with Gasteiger partial charge in [-0.1, -0.05) is 32.0 Å². The van der Waals surface area contributed by atoms with Crippen LogP contribution in [0.1, 0.15) is 43.5 Å². The first kappa shape index (κ1) is 17.7. The van der Waals surface area contributed by atoms with Crippen molar-refractivity contribution in [1.82, 2.24) is 0 Å². The summed E-state index contributed by atoms with van der Waals surface area (Å²) in [5.41, 5.74) is 0.549. The maximum absolute atomic E-state index is 12.4. The first-order valence-electron chi connectivity index (χ1n) is 9.41. The van der Waals surface area contributed by atoms with E-state index in [1.807, 2.05) is 6.07 Å². The van der Waals surface area contributed by atoms with E-state index in [-0.39, 0.29) is 29.3 Å². The van der Waals surface area contributed by atoms with E-state index in [0.717, 1.165) is 12.7 Å². The lowest BCUT2D eigenvalue weighted by Crippen LogP contribution is -2.46. The summed E-state index contributed by atoms with van der Waals surface area (Å²) >= 11 is 0. The van der Waals surface area contributed by atoms with Gasteiger partial charge in [0.1, 0.15) is 12.4 Å². The van der Waals surface area contributed by atoms with Crippen molar-refractivity contribution in [1.29, 1.82) is 0 Å². The molecule has 1 aromatic carbocycles. The minimum absolute atomic E-state index is 0.0285. The highest BCUT2D eigenvalue weighted by Crippen LogP contribution is 2.55. The lowest BCUT2D eigenvalue weighted by molar-refractivity contribution is -0.298. The van der Waals surface area contributed by atoms with E-state index >= 15 is 0 Å². The molecule has 1 heterocycles. The van der Waals surface area contributed by atoms with Gasteiger partial charge in [-0.2, -0.15) is 0 Å². The minimum atomic E-state index is -0.555. The monoisotopic (exact) mass is 358 g/mol. The SMILES string of the molecule is CC1(C)COC2(C[C@H]3C[C@@H](OC(=O)c4ccccc4)[C@H](C=O)[C@H]3C2)OC1. The first-order valence-corrected chi connectivity index (χ1v) is 9.41. The number of hydrogen-bond acceptors (Lipinski definition) is 5. The molecule has 0 unspecified atom stereocenters. The second kappa shape index (κ2) is 6.46. The molecule has 0 radical (unpaired) electrons. The van der Waals surface area contributed by atoms with Gasteiger partial charge >= 0.3 is 5.97 Å². The maximum Gasteiger partial charge on any atom is 0.338 e. The summed E-state index contributed by atoms with van der Waals surface area (Å²) in [4.78, 5) is 24.1. The Bertz CT molecular complexity index is 673. The van der Waals surface area contributed by atoms with E-state index in [4.69, 9.17) is 14.2 Å². The van der Waals surface area contributed by atoms with Crippen molar-refractivity contribution in [3.05, 3.63) is 35.9 Å². The number of esters is 1. The molecule has 0 aromatic heterocycles. The fourth-order valence-electron chi connectivity index (χ4n) is 4.67. The second-order valence-corrected chi connectivity index (χ2v) is 8.74. The molecule has 2 aliphatic carbocycles. The van der Waals surface area contributed by atoms with Gasteiger partial charge in [0.15, 0.2) is 5.79 Å². The van der Waals surface area contributed by atoms with Crippen molar-refractivity contribution in [3.63, 3.8) is 0 Å². The van der Waals surface area contributed by atoms with Gasteiger partial charge in [0.25, 0.3) is 0 Å². The average molecular weight is 358 g/mol. The maximum atomic E-state index is 12.4. The average Bonchev–Trinajstić information content (AvgIpc) is 3.12. The predicted octanol–water partition coefficient (Wildman–Crippen LogP) is 3.23. The number of fused-ring (bicyclic) bond motifs is 1. The summed E-state index contributed by atoms with van der Waals surface area (Å²) in [6, 6.07) is 8.93. The third kappa shape index (κ3) is 3.19. The van der Waals surface area contributed by atoms with Gasteiger partial charge in [-0.15, -0.1) is 0 Å². The van der Waals surface area contributed by atoms with E-state index < -0.39 is 5.79 Å². The Morgan fingerprint density at radius 1 is 1.15 bits per heavy atom. The summed E-state index contributed by atoms with van der Waals surface area (Å²) in [7, 11) is 0. The molecule has 0 N–H and O–H groups in total. The van der Waals surface area contributed by atoms with Crippen molar-refractivity contribution in [2.45, 2.75) is 45.0 Å². The number of aldehydes is 1. The van der Waals surface area contributed by atoms with Gasteiger partial charge < -0.3 is 19.0 Å². The molecule has 2 saturated carbocycles.